The molecule has 2 aromatic rings. The molecule has 0 spiro atoms. The average Bonchev–Trinajstić information content (AvgIpc) is 2.51. The minimum atomic E-state index is -0.598. The van der Waals surface area contributed by atoms with Crippen LogP contribution in [0.15, 0.2) is 5.16 Å². The number of thioether (sulfide) groups is 1. The lowest BCUT2D eigenvalue weighted by molar-refractivity contribution is -0.417. The minimum Gasteiger partial charge on any atom is -0.362 e. The van der Waals surface area contributed by atoms with E-state index in [0.29, 0.717) is 16.4 Å². The summed E-state index contributed by atoms with van der Waals surface area (Å²) in [7, 11) is 7.42. The molecule has 0 bridgehead atoms. The van der Waals surface area contributed by atoms with Crippen molar-refractivity contribution < 1.29 is 9.37 Å². The van der Waals surface area contributed by atoms with Crippen LogP contribution in [0.2, 0.25) is 5.15 Å². The van der Waals surface area contributed by atoms with Crippen LogP contribution >= 0.6 is 23.4 Å². The second kappa shape index (κ2) is 7.78. The van der Waals surface area contributed by atoms with Crippen molar-refractivity contribution >= 4 is 45.9 Å². The molecule has 0 unspecified atom stereocenters. The molecule has 0 aliphatic carbocycles. The summed E-state index contributed by atoms with van der Waals surface area (Å²) < 4.78 is 14.3. The molecule has 2 aromatic heterocycles. The van der Waals surface area contributed by atoms with Gasteiger partial charge in [0.2, 0.25) is 11.6 Å². The number of halogens is 2. The Bertz CT molecular complexity index is 663. The van der Waals surface area contributed by atoms with Crippen LogP contribution in [0.3, 0.4) is 0 Å². The third-order valence-electron chi connectivity index (χ3n) is 2.79. The van der Waals surface area contributed by atoms with Gasteiger partial charge in [-0.25, -0.2) is 9.97 Å². The molecule has 0 radical (unpaired) electrons. The van der Waals surface area contributed by atoms with Crippen molar-refractivity contribution in [2.45, 2.75) is 19.0 Å². The van der Waals surface area contributed by atoms with E-state index in [0.717, 1.165) is 5.82 Å². The first-order valence-electron chi connectivity index (χ1n) is 6.87. The summed E-state index contributed by atoms with van der Waals surface area (Å²) in [6.07, 6.45) is 1.87. The summed E-state index contributed by atoms with van der Waals surface area (Å²) >= 11 is 7.29. The molecule has 5 nitrogen and oxygen atoms in total. The number of aromatic nitrogens is 3. The third-order valence-corrected chi connectivity index (χ3v) is 3.62. The van der Waals surface area contributed by atoms with Crippen LogP contribution in [-0.2, 0) is 0 Å². The monoisotopic (exact) mass is 346 g/mol. The number of rotatable bonds is 3. The number of hydrogen-bond donors (Lipinski definition) is 0. The van der Waals surface area contributed by atoms with Gasteiger partial charge in [-0.3, -0.25) is 4.90 Å². The molecule has 0 saturated heterocycles. The predicted molar refractivity (Wildman–Crippen MR) is 92.8 cm³/mol. The van der Waals surface area contributed by atoms with Crippen molar-refractivity contribution in [2.75, 3.05) is 44.2 Å². The van der Waals surface area contributed by atoms with Gasteiger partial charge in [0.1, 0.15) is 11.2 Å². The lowest BCUT2D eigenvalue weighted by Crippen LogP contribution is -2.25. The molecule has 8 heteroatoms. The normalized spacial score (nSPS) is 10.2. The number of fused-ring (bicyclic) bond motifs is 1. The van der Waals surface area contributed by atoms with Crippen molar-refractivity contribution in [3.05, 3.63) is 11.0 Å². The number of pyridine rings is 1. The molecule has 0 fully saturated rings. The summed E-state index contributed by atoms with van der Waals surface area (Å²) in [6, 6.07) is 0. The SMILES string of the molecule is CC.CSc1nc2c(F)c(Cl)nc(N(C)C)c2c(N(C)C)[nH+]1. The molecule has 122 valence electrons. The smallest absolute Gasteiger partial charge is 0.296 e. The van der Waals surface area contributed by atoms with Crippen LogP contribution in [0.1, 0.15) is 13.8 Å². The van der Waals surface area contributed by atoms with Gasteiger partial charge in [-0.2, -0.15) is 4.39 Å². The molecule has 0 saturated carbocycles. The average molecular weight is 347 g/mol. The number of anilines is 2. The van der Waals surface area contributed by atoms with Gasteiger partial charge in [0.25, 0.3) is 5.16 Å². The van der Waals surface area contributed by atoms with Crippen LogP contribution in [0.4, 0.5) is 16.0 Å². The fourth-order valence-corrected chi connectivity index (χ4v) is 2.43. The van der Waals surface area contributed by atoms with Crippen molar-refractivity contribution in [3.8, 4) is 0 Å². The van der Waals surface area contributed by atoms with Gasteiger partial charge in [-0.05, 0) is 6.26 Å². The summed E-state index contributed by atoms with van der Waals surface area (Å²) in [5, 5.41) is 1.06. The highest BCUT2D eigenvalue weighted by atomic mass is 35.5. The van der Waals surface area contributed by atoms with Crippen LogP contribution in [0.25, 0.3) is 10.9 Å². The lowest BCUT2D eigenvalue weighted by atomic mass is 10.2. The van der Waals surface area contributed by atoms with E-state index < -0.39 is 5.82 Å². The second-order valence-electron chi connectivity index (χ2n) is 4.65. The molecule has 2 heterocycles. The van der Waals surface area contributed by atoms with Gasteiger partial charge in [0.05, 0.1) is 14.1 Å². The zero-order chi connectivity index (χ0) is 17.0. The molecule has 0 amide bonds. The summed E-state index contributed by atoms with van der Waals surface area (Å²) in [5.74, 6) is 0.720. The third kappa shape index (κ3) is 3.52. The van der Waals surface area contributed by atoms with Gasteiger partial charge >= 0.3 is 0 Å². The Hall–Kier alpha value is -1.34. The predicted octanol–water partition coefficient (Wildman–Crippen LogP) is 3.12. The maximum absolute atomic E-state index is 14.3. The Morgan fingerprint density at radius 2 is 1.68 bits per heavy atom. The van der Waals surface area contributed by atoms with E-state index in [-0.39, 0.29) is 10.7 Å². The van der Waals surface area contributed by atoms with E-state index in [4.69, 9.17) is 11.6 Å². The van der Waals surface area contributed by atoms with E-state index in [2.05, 4.69) is 15.0 Å². The summed E-state index contributed by atoms with van der Waals surface area (Å²) in [5.41, 5.74) is 0.223. The topological polar surface area (TPSA) is 46.4 Å². The number of H-pyrrole nitrogens is 1. The Balaban J connectivity index is 0.00000116. The van der Waals surface area contributed by atoms with Crippen molar-refractivity contribution in [1.82, 2.24) is 9.97 Å². The van der Waals surface area contributed by atoms with Gasteiger partial charge in [0, 0.05) is 14.1 Å². The molecule has 1 N–H and O–H groups in total. The summed E-state index contributed by atoms with van der Waals surface area (Å²) in [6.45, 7) is 4.00. The maximum Gasteiger partial charge on any atom is 0.296 e. The first-order valence-corrected chi connectivity index (χ1v) is 8.47. The Morgan fingerprint density at radius 3 is 2.14 bits per heavy atom. The molecule has 2 rings (SSSR count). The largest absolute Gasteiger partial charge is 0.362 e. The van der Waals surface area contributed by atoms with Crippen molar-refractivity contribution in [1.29, 1.82) is 0 Å². The molecular formula is C14H22ClFN5S+. The Morgan fingerprint density at radius 1 is 1.09 bits per heavy atom. The highest BCUT2D eigenvalue weighted by molar-refractivity contribution is 7.98. The fourth-order valence-electron chi connectivity index (χ4n) is 1.88. The number of hydrogen-bond acceptors (Lipinski definition) is 5. The molecule has 22 heavy (non-hydrogen) atoms. The van der Waals surface area contributed by atoms with Gasteiger partial charge in [0.15, 0.2) is 10.7 Å². The lowest BCUT2D eigenvalue weighted by Gasteiger charge is -2.17. The van der Waals surface area contributed by atoms with Crippen LogP contribution < -0.4 is 14.8 Å². The van der Waals surface area contributed by atoms with E-state index in [9.17, 15) is 4.39 Å². The van der Waals surface area contributed by atoms with E-state index in [1.807, 2.05) is 53.2 Å². The molecule has 0 aliphatic heterocycles. The van der Waals surface area contributed by atoms with Crippen LogP contribution in [0.5, 0.6) is 0 Å². The molecule has 0 aliphatic rings. The van der Waals surface area contributed by atoms with Crippen molar-refractivity contribution in [2.24, 2.45) is 0 Å². The highest BCUT2D eigenvalue weighted by Crippen LogP contribution is 2.33. The fraction of sp³-hybridized carbons (Fsp3) is 0.500. The molecular weight excluding hydrogens is 325 g/mol. The summed E-state index contributed by atoms with van der Waals surface area (Å²) in [4.78, 5) is 15.2. The van der Waals surface area contributed by atoms with Crippen LogP contribution in [-0.4, -0.2) is 44.4 Å². The first-order chi connectivity index (χ1) is 10.4. The maximum atomic E-state index is 14.3. The number of nitrogens with one attached hydrogen (secondary N) is 1. The standard InChI is InChI=1S/C12H15ClFN5S.C2H6/c1-18(2)10-6-8(7(14)9(13)16-10)15-12(20-5)17-11(6)19(3)4;1-2/h1-5H3;1-2H3/p+1. The Labute approximate surface area is 139 Å². The van der Waals surface area contributed by atoms with Crippen molar-refractivity contribution in [3.63, 3.8) is 0 Å². The highest BCUT2D eigenvalue weighted by Gasteiger charge is 2.25. The number of nitrogens with zero attached hydrogens (tertiary/aromatic N) is 4. The first kappa shape index (κ1) is 18.7. The van der Waals surface area contributed by atoms with E-state index in [1.165, 1.54) is 11.8 Å². The Kier molecular flexibility index (Phi) is 6.62. The quantitative estimate of drug-likeness (QED) is 0.485. The van der Waals surface area contributed by atoms with Crippen LogP contribution in [0, 0.1) is 5.82 Å². The zero-order valence-corrected chi connectivity index (χ0v) is 15.5. The minimum absolute atomic E-state index is 0.170. The van der Waals surface area contributed by atoms with E-state index in [1.54, 1.807) is 4.90 Å². The van der Waals surface area contributed by atoms with E-state index >= 15 is 0 Å². The number of aromatic amines is 1. The molecule has 0 atom stereocenters. The zero-order valence-electron chi connectivity index (χ0n) is 14.0. The molecule has 0 aromatic carbocycles. The second-order valence-corrected chi connectivity index (χ2v) is 5.80. The van der Waals surface area contributed by atoms with Gasteiger partial charge in [-0.1, -0.05) is 42.2 Å². The van der Waals surface area contributed by atoms with Gasteiger partial charge < -0.3 is 4.90 Å². The van der Waals surface area contributed by atoms with Gasteiger partial charge in [-0.15, -0.1) is 0 Å².